The summed E-state index contributed by atoms with van der Waals surface area (Å²) < 4.78 is 6.50. The normalized spacial score (nSPS) is 18.9. The summed E-state index contributed by atoms with van der Waals surface area (Å²) in [5, 5.41) is 9.60. The molecule has 0 saturated heterocycles. The largest absolute Gasteiger partial charge is 0.483 e. The number of nitrogens with zero attached hydrogens (tertiary/aromatic N) is 3. The molecule has 0 bridgehead atoms. The van der Waals surface area contributed by atoms with Crippen LogP contribution in [0.15, 0.2) is 132 Å². The minimum absolute atomic E-state index is 0.102. The van der Waals surface area contributed by atoms with Gasteiger partial charge in [0.2, 0.25) is 0 Å². The summed E-state index contributed by atoms with van der Waals surface area (Å²) >= 11 is 0. The van der Waals surface area contributed by atoms with Crippen LogP contribution in [0.3, 0.4) is 0 Å². The molecule has 0 saturated carbocycles. The Morgan fingerprint density at radius 3 is 2.28 bits per heavy atom. The van der Waals surface area contributed by atoms with E-state index in [1.54, 1.807) is 0 Å². The molecule has 0 spiro atoms. The van der Waals surface area contributed by atoms with E-state index in [9.17, 15) is 5.26 Å². The predicted molar refractivity (Wildman–Crippen MR) is 174 cm³/mol. The maximum atomic E-state index is 9.60. The first-order chi connectivity index (χ1) is 21.1. The van der Waals surface area contributed by atoms with E-state index in [-0.39, 0.29) is 5.70 Å². The number of anilines is 3. The van der Waals surface area contributed by atoms with E-state index in [0.29, 0.717) is 17.8 Å². The maximum Gasteiger partial charge on any atom is 0.265 e. The minimum Gasteiger partial charge on any atom is -0.483 e. The number of para-hydroxylation sites is 1. The number of nitriles is 1. The van der Waals surface area contributed by atoms with E-state index < -0.39 is 5.60 Å². The van der Waals surface area contributed by atoms with E-state index in [1.165, 1.54) is 29.7 Å². The van der Waals surface area contributed by atoms with E-state index in [2.05, 4.69) is 88.6 Å². The molecule has 0 amide bonds. The minimum atomic E-state index is -0.688. The lowest BCUT2D eigenvalue weighted by Gasteiger charge is -2.36. The van der Waals surface area contributed by atoms with Crippen molar-refractivity contribution in [1.82, 2.24) is 0 Å². The Kier molecular flexibility index (Phi) is 7.94. The zero-order valence-electron chi connectivity index (χ0n) is 24.3. The highest BCUT2D eigenvalue weighted by Gasteiger charge is 2.34. The smallest absolute Gasteiger partial charge is 0.265 e. The van der Waals surface area contributed by atoms with Gasteiger partial charge in [0.05, 0.1) is 12.6 Å². The van der Waals surface area contributed by atoms with Crippen molar-refractivity contribution < 1.29 is 4.74 Å². The van der Waals surface area contributed by atoms with E-state index >= 15 is 0 Å². The molecule has 0 aromatic heterocycles. The average molecular weight is 560 g/mol. The van der Waals surface area contributed by atoms with Crippen LogP contribution in [0.25, 0.3) is 10.9 Å². The van der Waals surface area contributed by atoms with Gasteiger partial charge in [-0.3, -0.25) is 0 Å². The van der Waals surface area contributed by atoms with Crippen molar-refractivity contribution in [1.29, 1.82) is 5.26 Å². The SMILES string of the molecule is [C-]#[N+]C(C#N)=C1C=C(C=Cc2ccc(N(c3ccccc3)c3cccc4c3CCCC4)cc2)OC(C)(c2ccccc2)C1. The van der Waals surface area contributed by atoms with Crippen molar-refractivity contribution in [3.8, 4) is 6.07 Å². The third-order valence-electron chi connectivity index (χ3n) is 8.31. The number of aryl methyl sites for hydroxylation is 1. The lowest BCUT2D eigenvalue weighted by atomic mass is 9.85. The second kappa shape index (κ2) is 12.3. The summed E-state index contributed by atoms with van der Waals surface area (Å²) in [5.74, 6) is 0.620. The van der Waals surface area contributed by atoms with Crippen LogP contribution in [0.4, 0.5) is 17.1 Å². The highest BCUT2D eigenvalue weighted by molar-refractivity contribution is 5.79. The van der Waals surface area contributed by atoms with Crippen LogP contribution in [-0.4, -0.2) is 0 Å². The lowest BCUT2D eigenvalue weighted by Crippen LogP contribution is -2.29. The van der Waals surface area contributed by atoms with Gasteiger partial charge in [0.1, 0.15) is 11.4 Å². The molecule has 1 atom stereocenters. The van der Waals surface area contributed by atoms with Gasteiger partial charge in [0.25, 0.3) is 5.70 Å². The third kappa shape index (κ3) is 5.87. The molecule has 2 aliphatic rings. The highest BCUT2D eigenvalue weighted by Crippen LogP contribution is 2.42. The zero-order chi connectivity index (χ0) is 29.6. The van der Waals surface area contributed by atoms with Gasteiger partial charge in [-0.05, 0) is 103 Å². The number of ether oxygens (including phenoxy) is 1. The summed E-state index contributed by atoms with van der Waals surface area (Å²) in [4.78, 5) is 5.85. The van der Waals surface area contributed by atoms with Crippen molar-refractivity contribution in [3.63, 3.8) is 0 Å². The summed E-state index contributed by atoms with van der Waals surface area (Å²) in [6, 6.07) is 37.9. The maximum absolute atomic E-state index is 9.60. The molecule has 0 N–H and O–H groups in total. The molecule has 1 unspecified atom stereocenters. The van der Waals surface area contributed by atoms with Crippen molar-refractivity contribution in [2.24, 2.45) is 0 Å². The monoisotopic (exact) mass is 559 g/mol. The van der Waals surface area contributed by atoms with Gasteiger partial charge in [-0.2, -0.15) is 0 Å². The van der Waals surface area contributed by atoms with Gasteiger partial charge in [-0.25, -0.2) is 10.1 Å². The highest BCUT2D eigenvalue weighted by atomic mass is 16.5. The van der Waals surface area contributed by atoms with Gasteiger partial charge in [0.15, 0.2) is 0 Å². The number of rotatable bonds is 6. The van der Waals surface area contributed by atoms with Crippen LogP contribution in [0.5, 0.6) is 0 Å². The van der Waals surface area contributed by atoms with Crippen LogP contribution in [-0.2, 0) is 23.2 Å². The van der Waals surface area contributed by atoms with Crippen LogP contribution < -0.4 is 4.90 Å². The fourth-order valence-electron chi connectivity index (χ4n) is 6.15. The van der Waals surface area contributed by atoms with Crippen LogP contribution >= 0.6 is 0 Å². The molecule has 4 nitrogen and oxygen atoms in total. The van der Waals surface area contributed by atoms with E-state index in [0.717, 1.165) is 35.3 Å². The van der Waals surface area contributed by atoms with Gasteiger partial charge < -0.3 is 9.64 Å². The van der Waals surface area contributed by atoms with Crippen molar-refractivity contribution in [3.05, 3.63) is 166 Å². The first-order valence-electron chi connectivity index (χ1n) is 14.8. The van der Waals surface area contributed by atoms with Crippen LogP contribution in [0.2, 0.25) is 0 Å². The molecule has 1 aliphatic carbocycles. The molecule has 1 heterocycles. The van der Waals surface area contributed by atoms with Crippen molar-refractivity contribution in [2.45, 2.75) is 44.6 Å². The van der Waals surface area contributed by atoms with Gasteiger partial charge >= 0.3 is 0 Å². The second-order valence-electron chi connectivity index (χ2n) is 11.2. The van der Waals surface area contributed by atoms with E-state index in [4.69, 9.17) is 11.3 Å². The lowest BCUT2D eigenvalue weighted by molar-refractivity contribution is 0.0143. The predicted octanol–water partition coefficient (Wildman–Crippen LogP) is 9.96. The Morgan fingerprint density at radius 2 is 1.56 bits per heavy atom. The Hall–Kier alpha value is -5.32. The Labute approximate surface area is 254 Å². The van der Waals surface area contributed by atoms with Crippen molar-refractivity contribution >= 4 is 23.1 Å². The third-order valence-corrected chi connectivity index (χ3v) is 8.31. The van der Waals surface area contributed by atoms with E-state index in [1.807, 2.05) is 55.5 Å². The topological polar surface area (TPSA) is 40.6 Å². The van der Waals surface area contributed by atoms with Gasteiger partial charge in [-0.15, -0.1) is 0 Å². The Morgan fingerprint density at radius 1 is 0.860 bits per heavy atom. The number of fused-ring (bicyclic) bond motifs is 1. The first kappa shape index (κ1) is 27.8. The molecule has 43 heavy (non-hydrogen) atoms. The molecule has 4 aromatic rings. The first-order valence-corrected chi connectivity index (χ1v) is 14.8. The summed E-state index contributed by atoms with van der Waals surface area (Å²) in [6.07, 6.45) is 10.9. The fraction of sp³-hybridized carbons (Fsp3) is 0.179. The fourth-order valence-corrected chi connectivity index (χ4v) is 6.15. The summed E-state index contributed by atoms with van der Waals surface area (Å²) in [7, 11) is 0. The number of allylic oxidation sites excluding steroid dienone is 3. The quantitative estimate of drug-likeness (QED) is 0.174. The molecule has 0 radical (unpaired) electrons. The van der Waals surface area contributed by atoms with Crippen LogP contribution in [0.1, 0.15) is 48.4 Å². The standard InChI is InChI=1S/C39H33N3O/c1-39(32-14-5-3-6-15-32)27-31(37(28-40)41-2)26-35(43-39)25-22-29-20-23-34(24-21-29)42(33-16-7-4-8-17-33)38-19-11-13-30-12-9-10-18-36(30)38/h3-8,11,13-17,19-26H,9-10,12,18,27H2,1H3. The molecule has 0 fully saturated rings. The molecule has 210 valence electrons. The number of benzene rings is 4. The number of hydrogen-bond acceptors (Lipinski definition) is 3. The second-order valence-corrected chi connectivity index (χ2v) is 11.2. The average Bonchev–Trinajstić information content (AvgIpc) is 3.06. The molecule has 6 rings (SSSR count). The zero-order valence-corrected chi connectivity index (χ0v) is 24.3. The summed E-state index contributed by atoms with van der Waals surface area (Å²) in [5.41, 5.74) is 8.53. The molecular weight excluding hydrogens is 526 g/mol. The summed E-state index contributed by atoms with van der Waals surface area (Å²) in [6.45, 7) is 9.53. The molecular formula is C39H33N3O. The molecule has 4 heteroatoms. The Bertz CT molecular complexity index is 1770. The number of hydrogen-bond donors (Lipinski definition) is 0. The Balaban J connectivity index is 1.32. The van der Waals surface area contributed by atoms with Gasteiger partial charge in [0, 0.05) is 23.5 Å². The van der Waals surface area contributed by atoms with Gasteiger partial charge in [-0.1, -0.05) is 78.9 Å². The van der Waals surface area contributed by atoms with Crippen molar-refractivity contribution in [2.75, 3.05) is 4.90 Å². The van der Waals surface area contributed by atoms with Crippen LogP contribution in [0, 0.1) is 17.9 Å². The molecule has 4 aromatic carbocycles. The molecule has 1 aliphatic heterocycles.